The molecule has 0 radical (unpaired) electrons. The molecule has 0 aliphatic rings. The highest BCUT2D eigenvalue weighted by molar-refractivity contribution is 8.01. The Kier molecular flexibility index (Phi) is 12.7. The van der Waals surface area contributed by atoms with Crippen molar-refractivity contribution in [1.82, 2.24) is 0 Å². The Morgan fingerprint density at radius 3 is 0.489 bits per heavy atom. The minimum Gasteiger partial charge on any atom is -0.403 e. The van der Waals surface area contributed by atoms with E-state index in [1.807, 2.05) is 14.2 Å². The van der Waals surface area contributed by atoms with Gasteiger partial charge in [0.15, 0.2) is 0 Å². The summed E-state index contributed by atoms with van der Waals surface area (Å²) in [6.45, 7) is 70.1. The van der Waals surface area contributed by atoms with Gasteiger partial charge in [-0.2, -0.15) is 0 Å². The van der Waals surface area contributed by atoms with Gasteiger partial charge in [-0.05, 0) is 40.3 Å². The molecular formula is C38H92O2Si7. The van der Waals surface area contributed by atoms with Crippen molar-refractivity contribution in [3.8, 4) is 0 Å². The lowest BCUT2D eigenvalue weighted by atomic mass is 10.2. The van der Waals surface area contributed by atoms with Crippen LogP contribution in [0.4, 0.5) is 0 Å². The van der Waals surface area contributed by atoms with Crippen LogP contribution in [0.1, 0.15) is 166 Å². The van der Waals surface area contributed by atoms with Crippen LogP contribution in [-0.2, 0) is 8.85 Å². The van der Waals surface area contributed by atoms with Crippen LogP contribution in [0.25, 0.3) is 0 Å². The molecule has 0 saturated heterocycles. The minimum atomic E-state index is -3.81. The molecule has 0 aliphatic heterocycles. The van der Waals surface area contributed by atoms with Crippen LogP contribution >= 0.6 is 0 Å². The smallest absolute Gasteiger partial charge is 0.278 e. The summed E-state index contributed by atoms with van der Waals surface area (Å²) in [5.41, 5.74) is 0. The van der Waals surface area contributed by atoms with Gasteiger partial charge in [-0.25, -0.2) is 0 Å². The Morgan fingerprint density at radius 2 is 0.426 bits per heavy atom. The molecule has 0 rings (SSSR count). The van der Waals surface area contributed by atoms with Gasteiger partial charge in [-0.1, -0.05) is 192 Å². The third kappa shape index (κ3) is 7.35. The Bertz CT molecular complexity index is 938. The fourth-order valence-electron chi connectivity index (χ4n) is 10.4. The molecule has 0 aromatic heterocycles. The van der Waals surface area contributed by atoms with Gasteiger partial charge in [-0.15, -0.1) is 0 Å². The molecule has 0 aromatic rings. The molecule has 0 aromatic carbocycles. The molecule has 0 saturated carbocycles. The van der Waals surface area contributed by atoms with Gasteiger partial charge in [0.25, 0.3) is 7.60 Å². The van der Waals surface area contributed by atoms with Crippen molar-refractivity contribution in [2.45, 2.75) is 233 Å². The highest BCUT2D eigenvalue weighted by Gasteiger charge is 2.81. The first kappa shape index (κ1) is 44.6. The summed E-state index contributed by atoms with van der Waals surface area (Å²) in [5.74, 6) is 0. The summed E-state index contributed by atoms with van der Waals surface area (Å²) in [4.78, 5) is 0. The topological polar surface area (TPSA) is 18.5 Å². The van der Waals surface area contributed by atoms with E-state index in [9.17, 15) is 2.47 Å². The Morgan fingerprint density at radius 1 is 0.319 bits per heavy atom. The summed E-state index contributed by atoms with van der Waals surface area (Å²) in [6, 6.07) is 0. The third-order valence-corrected chi connectivity index (χ3v) is 143. The van der Waals surface area contributed by atoms with Crippen LogP contribution in [0.15, 0.2) is 0 Å². The van der Waals surface area contributed by atoms with Crippen molar-refractivity contribution in [3.05, 3.63) is 0 Å². The maximum atomic E-state index is 12.6. The van der Waals surface area contributed by atoms with Gasteiger partial charge in [-0.3, -0.25) is 0 Å². The summed E-state index contributed by atoms with van der Waals surface area (Å²) < 4.78 is 40.8. The summed E-state index contributed by atoms with van der Waals surface area (Å²) in [5, 5.41) is -0.798. The largest absolute Gasteiger partial charge is 0.403 e. The predicted molar refractivity (Wildman–Crippen MR) is 238 cm³/mol. The van der Waals surface area contributed by atoms with Crippen LogP contribution in [-0.4, -0.2) is 69.2 Å². The van der Waals surface area contributed by atoms with Crippen molar-refractivity contribution >= 4 is 52.5 Å². The van der Waals surface area contributed by atoms with E-state index in [0.29, 0.717) is 0 Å². The second kappa shape index (κ2) is 13.4. The van der Waals surface area contributed by atoms with Gasteiger partial charge < -0.3 is 8.85 Å². The van der Waals surface area contributed by atoms with E-state index in [4.69, 9.17) is 8.85 Å². The maximum Gasteiger partial charge on any atom is 0.278 e. The SMILES string of the molecule is [2H][Si]([Si](C)(C(C)(C)C)C(C)(C)C)([Si](C)(C(C)(C)C)C(C)(C)C)[Si](OC)(OC)[Si]([2H])([Si](C)(C(C)(C)C)C(C)(C)C)[Si](C)(C(C)(C)C)C(C)(C)C. The average Bonchev–Trinajstić information content (AvgIpc) is 2.81. The molecule has 0 unspecified atom stereocenters. The van der Waals surface area contributed by atoms with Crippen molar-refractivity contribution in [2.24, 2.45) is 0 Å². The van der Waals surface area contributed by atoms with Crippen LogP contribution in [0, 0.1) is 0 Å². The molecule has 0 spiro atoms. The molecule has 0 aliphatic carbocycles. The summed E-state index contributed by atoms with van der Waals surface area (Å²) >= 11 is 0. The van der Waals surface area contributed by atoms with E-state index in [0.717, 1.165) is 0 Å². The van der Waals surface area contributed by atoms with Crippen LogP contribution < -0.4 is 0 Å². The molecule has 0 atom stereocenters. The Labute approximate surface area is 309 Å². The molecule has 47 heavy (non-hydrogen) atoms. The lowest BCUT2D eigenvalue weighted by Gasteiger charge is -2.72. The number of hydrogen-bond donors (Lipinski definition) is 0. The lowest BCUT2D eigenvalue weighted by molar-refractivity contribution is 0.285. The number of hydrogen-bond acceptors (Lipinski definition) is 2. The standard InChI is InChI=1S/C38H92O2Si7/c1-31(2,3)43(27,32(4,5)6)41(44(28,33(7,8)9)34(10,11)12)47(39-25,40-26)42(45(29,35(13,14)15)36(16,17)18)46(30,37(19,20)21)38(22,23)24/h41-42H,1-30H3/i41D,42D. The van der Waals surface area contributed by atoms with Gasteiger partial charge in [0, 0.05) is 16.7 Å². The van der Waals surface area contributed by atoms with E-state index >= 15 is 0 Å². The predicted octanol–water partition coefficient (Wildman–Crippen LogP) is 13.4. The fourth-order valence-corrected chi connectivity index (χ4v) is 226. The number of rotatable bonds is 8. The van der Waals surface area contributed by atoms with Crippen molar-refractivity contribution in [3.63, 3.8) is 0 Å². The lowest BCUT2D eigenvalue weighted by Crippen LogP contribution is -2.96. The molecule has 0 fully saturated rings. The first-order valence-electron chi connectivity index (χ1n) is 19.7. The third-order valence-electron chi connectivity index (χ3n) is 15.2. The zero-order valence-corrected chi connectivity index (χ0v) is 45.3. The maximum absolute atomic E-state index is 12.6. The molecule has 0 bridgehead atoms. The van der Waals surface area contributed by atoms with Crippen LogP contribution in [0.5, 0.6) is 0 Å². The zero-order chi connectivity index (χ0) is 40.9. The van der Waals surface area contributed by atoms with Crippen molar-refractivity contribution < 1.29 is 8.85 Å². The average molecular weight is 780 g/mol. The molecule has 0 N–H and O–H groups in total. The van der Waals surface area contributed by atoms with Gasteiger partial charge in [0.2, 0.25) is 0 Å². The van der Waals surface area contributed by atoms with Crippen molar-refractivity contribution in [1.29, 1.82) is 2.47 Å². The molecule has 0 amide bonds. The fraction of sp³-hybridized carbons (Fsp3) is 1.00. The highest BCUT2D eigenvalue weighted by Crippen LogP contribution is 2.67. The summed E-state index contributed by atoms with van der Waals surface area (Å²) in [7, 11) is -18.2. The van der Waals surface area contributed by atoms with E-state index in [2.05, 4.69) is 192 Å². The normalized spacial score (nSPS) is 17.9. The Balaban J connectivity index is 10.7. The van der Waals surface area contributed by atoms with Gasteiger partial charge >= 0.3 is 0 Å². The van der Waals surface area contributed by atoms with Gasteiger partial charge in [0.1, 0.15) is 0 Å². The molecular weight excluding hydrogens is 685 g/mol. The first-order valence-corrected chi connectivity index (χ1v) is 39.5. The van der Waals surface area contributed by atoms with Crippen LogP contribution in [0.2, 0.25) is 66.5 Å². The molecule has 2 nitrogen and oxygen atoms in total. The second-order valence-electron chi connectivity index (χ2n) is 24.3. The summed E-state index contributed by atoms with van der Waals surface area (Å²) in [6.07, 6.45) is 0. The monoisotopic (exact) mass is 779 g/mol. The highest BCUT2D eigenvalue weighted by atomic mass is 30.2. The second-order valence-corrected chi connectivity index (χ2v) is 84.3. The first-order chi connectivity index (χ1) is 20.6. The quantitative estimate of drug-likeness (QED) is 0.229. The molecule has 0 heterocycles. The molecule has 284 valence electrons. The van der Waals surface area contributed by atoms with E-state index in [1.165, 1.54) is 0 Å². The van der Waals surface area contributed by atoms with Gasteiger partial charge in [0.05, 0.1) is 44.9 Å². The van der Waals surface area contributed by atoms with E-state index in [-0.39, 0.29) is 40.3 Å². The molecule has 9 heteroatoms. The Hall–Kier alpha value is 1.44. The van der Waals surface area contributed by atoms with E-state index in [1.54, 1.807) is 0 Å². The minimum absolute atomic E-state index is 0.0998. The van der Waals surface area contributed by atoms with Crippen LogP contribution in [0.3, 0.4) is 0 Å². The van der Waals surface area contributed by atoms with E-state index < -0.39 is 52.5 Å². The zero-order valence-electron chi connectivity index (χ0n) is 40.3. The van der Waals surface area contributed by atoms with Crippen molar-refractivity contribution in [2.75, 3.05) is 14.2 Å².